The van der Waals surface area contributed by atoms with E-state index in [4.69, 9.17) is 5.11 Å². The number of hydrogen-bond acceptors (Lipinski definition) is 3. The van der Waals surface area contributed by atoms with E-state index in [0.717, 1.165) is 19.4 Å². The van der Waals surface area contributed by atoms with Crippen molar-refractivity contribution in [2.75, 3.05) is 26.7 Å². The number of aromatic nitrogens is 1. The molecule has 1 aliphatic heterocycles. The molecule has 1 aromatic carbocycles. The molecule has 2 unspecified atom stereocenters. The van der Waals surface area contributed by atoms with Gasteiger partial charge in [-0.2, -0.15) is 0 Å². The van der Waals surface area contributed by atoms with Crippen LogP contribution in [0, 0.1) is 5.92 Å². The fourth-order valence-corrected chi connectivity index (χ4v) is 4.46. The average Bonchev–Trinajstić information content (AvgIpc) is 2.98. The zero-order chi connectivity index (χ0) is 16.0. The van der Waals surface area contributed by atoms with Gasteiger partial charge in [0.15, 0.2) is 0 Å². The number of aromatic amines is 1. The van der Waals surface area contributed by atoms with Crippen LogP contribution in [0.5, 0.6) is 0 Å². The lowest BCUT2D eigenvalue weighted by molar-refractivity contribution is -0.127. The Labute approximate surface area is 135 Å². The van der Waals surface area contributed by atoms with Gasteiger partial charge in [0.05, 0.1) is 12.5 Å². The maximum Gasteiger partial charge on any atom is 0.224 e. The van der Waals surface area contributed by atoms with Crippen LogP contribution in [0.25, 0.3) is 10.9 Å². The first-order valence-electron chi connectivity index (χ1n) is 8.36. The minimum Gasteiger partial charge on any atom is -0.395 e. The molecule has 0 bridgehead atoms. The molecule has 2 aromatic rings. The number of aliphatic hydroxyl groups excluding tert-OH is 1. The molecule has 3 N–H and O–H groups in total. The van der Waals surface area contributed by atoms with Crippen molar-refractivity contribution in [1.29, 1.82) is 0 Å². The van der Waals surface area contributed by atoms with Crippen LogP contribution < -0.4 is 5.32 Å². The van der Waals surface area contributed by atoms with Gasteiger partial charge in [-0.15, -0.1) is 0 Å². The number of likely N-dealkylation sites (tertiary alicyclic amines) is 1. The van der Waals surface area contributed by atoms with Crippen LogP contribution in [0.3, 0.4) is 0 Å². The predicted molar refractivity (Wildman–Crippen MR) is 89.4 cm³/mol. The summed E-state index contributed by atoms with van der Waals surface area (Å²) in [5.74, 6) is 0.450. The Hall–Kier alpha value is -1.85. The molecule has 3 atom stereocenters. The quantitative estimate of drug-likeness (QED) is 0.798. The largest absolute Gasteiger partial charge is 0.395 e. The van der Waals surface area contributed by atoms with E-state index in [1.807, 2.05) is 0 Å². The van der Waals surface area contributed by atoms with E-state index in [2.05, 4.69) is 46.6 Å². The third kappa shape index (κ3) is 2.35. The number of piperidine rings is 1. The first-order chi connectivity index (χ1) is 11.2. The van der Waals surface area contributed by atoms with Crippen molar-refractivity contribution in [3.8, 4) is 0 Å². The summed E-state index contributed by atoms with van der Waals surface area (Å²) in [6.07, 6.45) is 4.07. The van der Waals surface area contributed by atoms with E-state index in [0.29, 0.717) is 18.5 Å². The van der Waals surface area contributed by atoms with Gasteiger partial charge < -0.3 is 20.3 Å². The standard InChI is InChI=1S/C18H23N3O2/c1-21-10-12(18(23)19-5-6-22)7-14-13-3-2-4-15-17(13)11(9-20-15)8-16(14)21/h2-4,9,12,14,16,20,22H,5-8,10H2,1H3,(H,19,23)/t12?,14?,16-/m1/s1. The Bertz CT molecular complexity index is 739. The minimum atomic E-state index is -0.0106. The summed E-state index contributed by atoms with van der Waals surface area (Å²) in [7, 11) is 2.13. The van der Waals surface area contributed by atoms with Gasteiger partial charge >= 0.3 is 0 Å². The van der Waals surface area contributed by atoms with Crippen molar-refractivity contribution in [1.82, 2.24) is 15.2 Å². The average molecular weight is 313 g/mol. The Morgan fingerprint density at radius 2 is 2.35 bits per heavy atom. The maximum absolute atomic E-state index is 12.4. The molecule has 1 aromatic heterocycles. The zero-order valence-corrected chi connectivity index (χ0v) is 13.4. The molecule has 0 spiro atoms. The molecule has 5 heteroatoms. The smallest absolute Gasteiger partial charge is 0.224 e. The molecule has 122 valence electrons. The topological polar surface area (TPSA) is 68.4 Å². The summed E-state index contributed by atoms with van der Waals surface area (Å²) in [5, 5.41) is 13.1. The molecule has 0 radical (unpaired) electrons. The third-order valence-electron chi connectivity index (χ3n) is 5.51. The van der Waals surface area contributed by atoms with Crippen molar-refractivity contribution >= 4 is 16.8 Å². The summed E-state index contributed by atoms with van der Waals surface area (Å²) in [4.78, 5) is 18.1. The van der Waals surface area contributed by atoms with Crippen LogP contribution in [0.15, 0.2) is 24.4 Å². The van der Waals surface area contributed by atoms with Crippen LogP contribution in [0.1, 0.15) is 23.5 Å². The second-order valence-electron chi connectivity index (χ2n) is 6.85. The highest BCUT2D eigenvalue weighted by atomic mass is 16.3. The number of nitrogens with one attached hydrogen (secondary N) is 2. The molecular weight excluding hydrogens is 290 g/mol. The van der Waals surface area contributed by atoms with Gasteiger partial charge in [0.1, 0.15) is 0 Å². The molecule has 1 fully saturated rings. The van der Waals surface area contributed by atoms with Crippen molar-refractivity contribution in [3.63, 3.8) is 0 Å². The molecule has 5 nitrogen and oxygen atoms in total. The van der Waals surface area contributed by atoms with Gasteiger partial charge in [-0.25, -0.2) is 0 Å². The predicted octanol–water partition coefficient (Wildman–Crippen LogP) is 1.24. The van der Waals surface area contributed by atoms with E-state index >= 15 is 0 Å². The normalized spacial score (nSPS) is 27.0. The van der Waals surface area contributed by atoms with Crippen LogP contribution in [-0.4, -0.2) is 53.7 Å². The second-order valence-corrected chi connectivity index (χ2v) is 6.85. The van der Waals surface area contributed by atoms with Gasteiger partial charge in [0.25, 0.3) is 0 Å². The number of nitrogens with zero attached hydrogens (tertiary/aromatic N) is 1. The fourth-order valence-electron chi connectivity index (χ4n) is 4.46. The first kappa shape index (κ1) is 14.7. The number of carbonyl (C=O) groups excluding carboxylic acids is 1. The zero-order valence-electron chi connectivity index (χ0n) is 13.4. The molecule has 1 aliphatic carbocycles. The third-order valence-corrected chi connectivity index (χ3v) is 5.51. The summed E-state index contributed by atoms with van der Waals surface area (Å²) in [6, 6.07) is 6.92. The van der Waals surface area contributed by atoms with E-state index in [1.165, 1.54) is 22.0 Å². The minimum absolute atomic E-state index is 0.00757. The van der Waals surface area contributed by atoms with Gasteiger partial charge in [-0.1, -0.05) is 12.1 Å². The molecular formula is C18H23N3O2. The number of likely N-dealkylation sites (N-methyl/N-ethyl adjacent to an activating group) is 1. The SMILES string of the molecule is CN1CC(C(=O)NCCO)CC2c3cccc4[nH]cc(c34)C[C@H]21. The van der Waals surface area contributed by atoms with Crippen LogP contribution in [0.2, 0.25) is 0 Å². The molecule has 1 amide bonds. The van der Waals surface area contributed by atoms with Gasteiger partial charge in [0, 0.05) is 42.1 Å². The van der Waals surface area contributed by atoms with E-state index in [-0.39, 0.29) is 18.4 Å². The number of aliphatic hydroxyl groups is 1. The van der Waals surface area contributed by atoms with Crippen molar-refractivity contribution in [2.45, 2.75) is 24.8 Å². The number of carbonyl (C=O) groups is 1. The first-order valence-corrected chi connectivity index (χ1v) is 8.36. The number of benzene rings is 1. The molecule has 2 aliphatic rings. The highest BCUT2D eigenvalue weighted by Gasteiger charge is 2.41. The van der Waals surface area contributed by atoms with Crippen LogP contribution in [0.4, 0.5) is 0 Å². The van der Waals surface area contributed by atoms with Gasteiger partial charge in [0.2, 0.25) is 5.91 Å². The summed E-state index contributed by atoms with van der Waals surface area (Å²) in [5.41, 5.74) is 3.97. The molecule has 23 heavy (non-hydrogen) atoms. The van der Waals surface area contributed by atoms with Crippen LogP contribution >= 0.6 is 0 Å². The fraction of sp³-hybridized carbons (Fsp3) is 0.500. The molecule has 1 saturated heterocycles. The van der Waals surface area contributed by atoms with E-state index in [1.54, 1.807) is 0 Å². The van der Waals surface area contributed by atoms with Crippen molar-refractivity contribution < 1.29 is 9.90 Å². The number of H-pyrrole nitrogens is 1. The highest BCUT2D eigenvalue weighted by molar-refractivity contribution is 5.88. The van der Waals surface area contributed by atoms with E-state index < -0.39 is 0 Å². The number of amides is 1. The Morgan fingerprint density at radius 3 is 3.17 bits per heavy atom. The molecule has 0 saturated carbocycles. The number of rotatable bonds is 3. The Kier molecular flexibility index (Phi) is 3.62. The van der Waals surface area contributed by atoms with Crippen molar-refractivity contribution in [3.05, 3.63) is 35.5 Å². The Morgan fingerprint density at radius 1 is 1.48 bits per heavy atom. The van der Waals surface area contributed by atoms with Gasteiger partial charge in [-0.3, -0.25) is 4.79 Å². The van der Waals surface area contributed by atoms with Gasteiger partial charge in [-0.05, 0) is 37.1 Å². The van der Waals surface area contributed by atoms with Crippen molar-refractivity contribution in [2.24, 2.45) is 5.92 Å². The number of fused-ring (bicyclic) bond motifs is 2. The summed E-state index contributed by atoms with van der Waals surface area (Å²) < 4.78 is 0. The molecule has 4 rings (SSSR count). The lowest BCUT2D eigenvalue weighted by Crippen LogP contribution is -2.51. The van der Waals surface area contributed by atoms with Crippen LogP contribution in [-0.2, 0) is 11.2 Å². The highest BCUT2D eigenvalue weighted by Crippen LogP contribution is 2.44. The maximum atomic E-state index is 12.4. The number of hydrogen-bond donors (Lipinski definition) is 3. The van der Waals surface area contributed by atoms with E-state index in [9.17, 15) is 4.79 Å². The monoisotopic (exact) mass is 313 g/mol. The summed E-state index contributed by atoms with van der Waals surface area (Å²) >= 11 is 0. The summed E-state index contributed by atoms with van der Waals surface area (Å²) in [6.45, 7) is 1.12. The molecule has 2 heterocycles. The lowest BCUT2D eigenvalue weighted by Gasteiger charge is -2.45. The Balaban J connectivity index is 1.67. The lowest BCUT2D eigenvalue weighted by atomic mass is 9.72. The second kappa shape index (κ2) is 5.65.